The monoisotopic (exact) mass is 1270 g/mol. The number of aliphatic hydroxyl groups is 1. The van der Waals surface area contributed by atoms with Gasteiger partial charge in [0.1, 0.15) is 13.2 Å². The average Bonchev–Trinajstić information content (AvgIpc) is 3.55. The van der Waals surface area contributed by atoms with E-state index in [1.165, 1.54) is 360 Å². The van der Waals surface area contributed by atoms with Crippen LogP contribution in [0.15, 0.2) is 36.5 Å². The quantitative estimate of drug-likeness (QED) is 0.0243. The Labute approximate surface area is 557 Å². The molecule has 0 saturated heterocycles. The first-order valence-electron chi connectivity index (χ1n) is 39.9. The number of quaternary nitrogens is 1. The molecule has 0 bridgehead atoms. The second-order valence-corrected chi connectivity index (χ2v) is 30.3. The molecule has 0 aliphatic heterocycles. The van der Waals surface area contributed by atoms with E-state index in [0.29, 0.717) is 17.4 Å². The lowest BCUT2D eigenvalue weighted by atomic mass is 10.0. The highest BCUT2D eigenvalue weighted by atomic mass is 31.2. The van der Waals surface area contributed by atoms with Crippen molar-refractivity contribution < 1.29 is 32.9 Å². The van der Waals surface area contributed by atoms with E-state index in [-0.39, 0.29) is 19.1 Å². The van der Waals surface area contributed by atoms with Crippen LogP contribution in [-0.2, 0) is 18.4 Å². The topological polar surface area (TPSA) is 105 Å². The van der Waals surface area contributed by atoms with Gasteiger partial charge in [-0.05, 0) is 51.4 Å². The molecule has 3 atom stereocenters. The molecule has 3 unspecified atom stereocenters. The smallest absolute Gasteiger partial charge is 0.387 e. The van der Waals surface area contributed by atoms with Crippen molar-refractivity contribution in [3.8, 4) is 0 Å². The molecule has 0 radical (unpaired) electrons. The molecule has 0 aliphatic carbocycles. The maximum Gasteiger partial charge on any atom is 0.472 e. The van der Waals surface area contributed by atoms with Gasteiger partial charge >= 0.3 is 7.82 Å². The van der Waals surface area contributed by atoms with E-state index in [4.69, 9.17) is 9.05 Å². The maximum absolute atomic E-state index is 13.1. The summed E-state index contributed by atoms with van der Waals surface area (Å²) in [6, 6.07) is -0.846. The summed E-state index contributed by atoms with van der Waals surface area (Å²) in [5.41, 5.74) is 0. The van der Waals surface area contributed by atoms with Gasteiger partial charge in [-0.2, -0.15) is 0 Å². The van der Waals surface area contributed by atoms with Gasteiger partial charge < -0.3 is 19.8 Å². The Bertz CT molecular complexity index is 1550. The highest BCUT2D eigenvalue weighted by Crippen LogP contribution is 2.43. The van der Waals surface area contributed by atoms with Gasteiger partial charge in [0.25, 0.3) is 0 Å². The number of carbonyl (C=O) groups excluding carboxylic acids is 1. The van der Waals surface area contributed by atoms with Gasteiger partial charge in [0.15, 0.2) is 0 Å². The van der Waals surface area contributed by atoms with Crippen molar-refractivity contribution in [2.75, 3.05) is 40.9 Å². The van der Waals surface area contributed by atoms with Gasteiger partial charge in [-0.25, -0.2) is 4.57 Å². The predicted molar refractivity (Wildman–Crippen MR) is 392 cm³/mol. The molecule has 0 aromatic rings. The molecule has 528 valence electrons. The number of unbranched alkanes of at least 4 members (excludes halogenated alkanes) is 58. The number of phosphoric acid groups is 1. The van der Waals surface area contributed by atoms with Crippen LogP contribution in [0.5, 0.6) is 0 Å². The number of hydrogen-bond acceptors (Lipinski definition) is 5. The van der Waals surface area contributed by atoms with E-state index in [1.807, 2.05) is 27.2 Å². The zero-order valence-corrected chi connectivity index (χ0v) is 61.6. The van der Waals surface area contributed by atoms with Crippen molar-refractivity contribution in [1.82, 2.24) is 5.32 Å². The van der Waals surface area contributed by atoms with Crippen LogP contribution in [-0.4, -0.2) is 73.4 Å². The van der Waals surface area contributed by atoms with Crippen molar-refractivity contribution >= 4 is 13.7 Å². The van der Waals surface area contributed by atoms with Crippen LogP contribution < -0.4 is 5.32 Å². The third-order valence-electron chi connectivity index (χ3n) is 18.6. The number of allylic oxidation sites excluding steroid dienone is 5. The lowest BCUT2D eigenvalue weighted by Crippen LogP contribution is -2.45. The Hall–Kier alpha value is -1.28. The van der Waals surface area contributed by atoms with E-state index >= 15 is 0 Å². The molecule has 0 aliphatic rings. The second-order valence-electron chi connectivity index (χ2n) is 28.8. The molecular formula is C80H158N2O6P+. The van der Waals surface area contributed by atoms with E-state index in [9.17, 15) is 19.4 Å². The van der Waals surface area contributed by atoms with Crippen LogP contribution in [0.4, 0.5) is 0 Å². The van der Waals surface area contributed by atoms with Crippen LogP contribution in [0.2, 0.25) is 0 Å². The van der Waals surface area contributed by atoms with E-state index < -0.39 is 20.0 Å². The first-order chi connectivity index (χ1) is 43.5. The Morgan fingerprint density at radius 2 is 0.640 bits per heavy atom. The fraction of sp³-hybridized carbons (Fsp3) is 0.912. The standard InChI is InChI=1S/C80H157N2O6P/c1-6-8-10-12-14-16-18-20-22-24-26-28-30-32-34-36-37-38-39-40-41-42-43-44-45-46-48-50-52-54-56-58-60-62-64-66-68-70-72-74-80(84)81-78(77-88-89(85,86)87-76-75-82(3,4)5)79(83)73-71-69-67-65-63-61-59-57-55-53-51-49-47-35-33-31-29-27-25-23-21-19-17-15-13-11-9-7-2/h18,20,24,26,71,73,78-79,83H,6-17,19,21-23,25,27-70,72,74-77H2,1-5H3,(H-,81,84,85,86)/p+1/b20-18-,26-24-,73-71+. The molecule has 3 N–H and O–H groups in total. The van der Waals surface area contributed by atoms with Gasteiger partial charge in [-0.3, -0.25) is 13.8 Å². The first kappa shape index (κ1) is 87.7. The Morgan fingerprint density at radius 3 is 0.921 bits per heavy atom. The van der Waals surface area contributed by atoms with E-state index in [1.54, 1.807) is 6.08 Å². The van der Waals surface area contributed by atoms with Crippen molar-refractivity contribution in [3.63, 3.8) is 0 Å². The number of carbonyl (C=O) groups is 1. The lowest BCUT2D eigenvalue weighted by Gasteiger charge is -2.25. The number of amides is 1. The van der Waals surface area contributed by atoms with Crippen molar-refractivity contribution in [3.05, 3.63) is 36.5 Å². The minimum absolute atomic E-state index is 0.0644. The van der Waals surface area contributed by atoms with Crippen molar-refractivity contribution in [2.45, 2.75) is 431 Å². The van der Waals surface area contributed by atoms with Gasteiger partial charge in [-0.15, -0.1) is 0 Å². The van der Waals surface area contributed by atoms with Crippen LogP contribution in [0, 0.1) is 0 Å². The average molecular weight is 1280 g/mol. The molecule has 1 amide bonds. The van der Waals surface area contributed by atoms with Crippen LogP contribution in [0.1, 0.15) is 418 Å². The summed E-state index contributed by atoms with van der Waals surface area (Å²) in [6.07, 6.45) is 96.3. The molecule has 89 heavy (non-hydrogen) atoms. The maximum atomic E-state index is 13.1. The zero-order chi connectivity index (χ0) is 64.8. The number of phosphoric ester groups is 1. The molecule has 0 aromatic carbocycles. The minimum atomic E-state index is -4.35. The number of aliphatic hydroxyl groups excluding tert-OH is 1. The zero-order valence-electron chi connectivity index (χ0n) is 60.7. The Kier molecular flexibility index (Phi) is 70.0. The summed E-state index contributed by atoms with van der Waals surface area (Å²) in [5, 5.41) is 14.1. The lowest BCUT2D eigenvalue weighted by molar-refractivity contribution is -0.870. The van der Waals surface area contributed by atoms with Gasteiger partial charge in [0.05, 0.1) is 39.9 Å². The third kappa shape index (κ3) is 74.0. The molecule has 8 nitrogen and oxygen atoms in total. The SMILES string of the molecule is CCCCCCC/C=C\C/C=C\CCCCCCCCCCCCCCCCCCCCCCCCCCCCCC(=O)NC(COP(=O)(O)OCC[N+](C)(C)C)C(O)/C=C/CCCCCCCCCCCCCCCCCCCCCCCCCCCC. The van der Waals surface area contributed by atoms with Gasteiger partial charge in [0, 0.05) is 6.42 Å². The highest BCUT2D eigenvalue weighted by molar-refractivity contribution is 7.47. The predicted octanol–water partition coefficient (Wildman–Crippen LogP) is 26.0. The number of likely N-dealkylation sites (N-methyl/N-ethyl adjacent to an activating group) is 1. The summed E-state index contributed by atoms with van der Waals surface area (Å²) >= 11 is 0. The molecule has 9 heteroatoms. The molecule has 0 fully saturated rings. The largest absolute Gasteiger partial charge is 0.472 e. The minimum Gasteiger partial charge on any atom is -0.387 e. The molecular weight excluding hydrogens is 1120 g/mol. The Morgan fingerprint density at radius 1 is 0.382 bits per heavy atom. The van der Waals surface area contributed by atoms with Gasteiger partial charge in [0.2, 0.25) is 5.91 Å². The normalized spacial score (nSPS) is 13.7. The van der Waals surface area contributed by atoms with Crippen molar-refractivity contribution in [2.24, 2.45) is 0 Å². The number of rotatable bonds is 75. The van der Waals surface area contributed by atoms with Crippen LogP contribution in [0.25, 0.3) is 0 Å². The molecule has 0 aromatic heterocycles. The van der Waals surface area contributed by atoms with E-state index in [0.717, 1.165) is 38.5 Å². The summed E-state index contributed by atoms with van der Waals surface area (Å²) in [7, 11) is 1.60. The van der Waals surface area contributed by atoms with Crippen molar-refractivity contribution in [1.29, 1.82) is 0 Å². The molecule has 0 rings (SSSR count). The molecule has 0 spiro atoms. The van der Waals surface area contributed by atoms with E-state index in [2.05, 4.69) is 43.5 Å². The van der Waals surface area contributed by atoms with Crippen LogP contribution in [0.3, 0.4) is 0 Å². The highest BCUT2D eigenvalue weighted by Gasteiger charge is 2.28. The summed E-state index contributed by atoms with van der Waals surface area (Å²) in [6.45, 7) is 4.87. The summed E-state index contributed by atoms with van der Waals surface area (Å²) in [4.78, 5) is 23.5. The number of nitrogens with zero attached hydrogens (tertiary/aromatic N) is 1. The number of nitrogens with one attached hydrogen (secondary N) is 1. The third-order valence-corrected chi connectivity index (χ3v) is 19.6. The summed E-state index contributed by atoms with van der Waals surface area (Å²) in [5.74, 6) is -0.167. The van der Waals surface area contributed by atoms with Gasteiger partial charge in [-0.1, -0.05) is 397 Å². The second kappa shape index (κ2) is 71.0. The molecule has 0 saturated carbocycles. The Balaban J connectivity index is 3.92. The first-order valence-corrected chi connectivity index (χ1v) is 41.4. The summed E-state index contributed by atoms with van der Waals surface area (Å²) < 4.78 is 23.9. The van der Waals surface area contributed by atoms with Crippen LogP contribution >= 0.6 is 7.82 Å². The fourth-order valence-electron chi connectivity index (χ4n) is 12.4. The molecule has 0 heterocycles. The number of hydrogen-bond donors (Lipinski definition) is 3. The fourth-order valence-corrected chi connectivity index (χ4v) is 13.2.